The van der Waals surface area contributed by atoms with Gasteiger partial charge in [-0.1, -0.05) is 0 Å². The number of aromatic nitrogens is 1. The van der Waals surface area contributed by atoms with Crippen molar-refractivity contribution < 1.29 is 9.18 Å². The third kappa shape index (κ3) is 2.88. The third-order valence-corrected chi connectivity index (χ3v) is 3.98. The van der Waals surface area contributed by atoms with Gasteiger partial charge in [0.25, 0.3) is 5.91 Å². The smallest absolute Gasteiger partial charge is 0.253 e. The molecule has 0 radical (unpaired) electrons. The molecule has 1 unspecified atom stereocenters. The molecule has 21 heavy (non-hydrogen) atoms. The summed E-state index contributed by atoms with van der Waals surface area (Å²) in [6, 6.07) is 6.16. The molecule has 3 rings (SSSR count). The summed E-state index contributed by atoms with van der Waals surface area (Å²) in [6.45, 7) is 2.20. The SMILES string of the molecule is Cc1nc2cc(F)ccc2cc1C(=O)NC(CN)C1CC1. The Morgan fingerprint density at radius 1 is 1.48 bits per heavy atom. The Kier molecular flexibility index (Phi) is 3.59. The number of carbonyl (C=O) groups is 1. The highest BCUT2D eigenvalue weighted by Gasteiger charge is 2.31. The first-order valence-electron chi connectivity index (χ1n) is 7.16. The lowest BCUT2D eigenvalue weighted by Gasteiger charge is -2.17. The Labute approximate surface area is 122 Å². The molecule has 0 saturated heterocycles. The molecule has 0 spiro atoms. The van der Waals surface area contributed by atoms with Crippen molar-refractivity contribution in [3.63, 3.8) is 0 Å². The van der Waals surface area contributed by atoms with Crippen LogP contribution in [0.15, 0.2) is 24.3 Å². The fraction of sp³-hybridized carbons (Fsp3) is 0.375. The molecule has 1 amide bonds. The first-order valence-corrected chi connectivity index (χ1v) is 7.16. The van der Waals surface area contributed by atoms with Crippen LogP contribution < -0.4 is 11.1 Å². The van der Waals surface area contributed by atoms with Gasteiger partial charge in [-0.05, 0) is 43.9 Å². The number of amides is 1. The summed E-state index contributed by atoms with van der Waals surface area (Å²) in [5.74, 6) is 0.0128. The molecule has 0 bridgehead atoms. The molecule has 1 fully saturated rings. The van der Waals surface area contributed by atoms with E-state index >= 15 is 0 Å². The molecular weight excluding hydrogens is 269 g/mol. The van der Waals surface area contributed by atoms with Crippen LogP contribution in [-0.2, 0) is 0 Å². The minimum atomic E-state index is -0.330. The van der Waals surface area contributed by atoms with E-state index in [1.807, 2.05) is 0 Å². The molecular formula is C16H18FN3O. The van der Waals surface area contributed by atoms with Crippen LogP contribution in [-0.4, -0.2) is 23.5 Å². The van der Waals surface area contributed by atoms with Crippen LogP contribution in [0.4, 0.5) is 4.39 Å². The van der Waals surface area contributed by atoms with Gasteiger partial charge in [0, 0.05) is 24.0 Å². The van der Waals surface area contributed by atoms with Crippen molar-refractivity contribution >= 4 is 16.8 Å². The minimum absolute atomic E-state index is 0.0285. The number of nitrogens with one attached hydrogen (secondary N) is 1. The molecule has 1 saturated carbocycles. The third-order valence-electron chi connectivity index (χ3n) is 3.98. The molecule has 1 aromatic carbocycles. The van der Waals surface area contributed by atoms with Gasteiger partial charge in [-0.25, -0.2) is 4.39 Å². The van der Waals surface area contributed by atoms with Crippen LogP contribution in [0, 0.1) is 18.7 Å². The zero-order chi connectivity index (χ0) is 15.0. The van der Waals surface area contributed by atoms with E-state index in [1.54, 1.807) is 19.1 Å². The topological polar surface area (TPSA) is 68.0 Å². The van der Waals surface area contributed by atoms with Gasteiger partial charge in [-0.3, -0.25) is 9.78 Å². The summed E-state index contributed by atoms with van der Waals surface area (Å²) in [5.41, 5.74) is 7.39. The summed E-state index contributed by atoms with van der Waals surface area (Å²) < 4.78 is 13.2. The first-order chi connectivity index (χ1) is 10.1. The fourth-order valence-corrected chi connectivity index (χ4v) is 2.58. The zero-order valence-electron chi connectivity index (χ0n) is 11.9. The number of aryl methyl sites for hydroxylation is 1. The van der Waals surface area contributed by atoms with Crippen molar-refractivity contribution in [2.24, 2.45) is 11.7 Å². The summed E-state index contributed by atoms with van der Waals surface area (Å²) in [5, 5.41) is 3.74. The van der Waals surface area contributed by atoms with Gasteiger partial charge in [0.05, 0.1) is 16.8 Å². The van der Waals surface area contributed by atoms with Gasteiger partial charge in [0.15, 0.2) is 0 Å². The van der Waals surface area contributed by atoms with Crippen molar-refractivity contribution in [3.05, 3.63) is 41.3 Å². The predicted molar refractivity (Wildman–Crippen MR) is 79.5 cm³/mol. The summed E-state index contributed by atoms with van der Waals surface area (Å²) in [6.07, 6.45) is 2.24. The van der Waals surface area contributed by atoms with Gasteiger partial charge < -0.3 is 11.1 Å². The molecule has 1 heterocycles. The van der Waals surface area contributed by atoms with Crippen molar-refractivity contribution in [1.29, 1.82) is 0 Å². The average Bonchev–Trinajstić information content (AvgIpc) is 3.28. The van der Waals surface area contributed by atoms with E-state index in [0.717, 1.165) is 18.2 Å². The number of rotatable bonds is 4. The van der Waals surface area contributed by atoms with Crippen molar-refractivity contribution in [2.75, 3.05) is 6.54 Å². The summed E-state index contributed by atoms with van der Waals surface area (Å²) in [7, 11) is 0. The lowest BCUT2D eigenvalue weighted by Crippen LogP contribution is -2.42. The Balaban J connectivity index is 1.90. The number of fused-ring (bicyclic) bond motifs is 1. The Bertz CT molecular complexity index is 697. The second-order valence-electron chi connectivity index (χ2n) is 5.61. The lowest BCUT2D eigenvalue weighted by molar-refractivity contribution is 0.0932. The van der Waals surface area contributed by atoms with E-state index in [0.29, 0.717) is 29.2 Å². The molecule has 1 aliphatic carbocycles. The van der Waals surface area contributed by atoms with Gasteiger partial charge in [-0.15, -0.1) is 0 Å². The zero-order valence-corrected chi connectivity index (χ0v) is 11.9. The normalized spacial score (nSPS) is 16.0. The van der Waals surface area contributed by atoms with Crippen LogP contribution in [0.1, 0.15) is 28.9 Å². The van der Waals surface area contributed by atoms with Crippen molar-refractivity contribution in [2.45, 2.75) is 25.8 Å². The monoisotopic (exact) mass is 287 g/mol. The number of halogens is 1. The van der Waals surface area contributed by atoms with Crippen LogP contribution in [0.2, 0.25) is 0 Å². The molecule has 110 valence electrons. The number of hydrogen-bond acceptors (Lipinski definition) is 3. The van der Waals surface area contributed by atoms with Crippen LogP contribution in [0.25, 0.3) is 10.9 Å². The first kappa shape index (κ1) is 13.9. The molecule has 4 nitrogen and oxygen atoms in total. The predicted octanol–water partition coefficient (Wildman–Crippen LogP) is 2.15. The number of pyridine rings is 1. The highest BCUT2D eigenvalue weighted by Crippen LogP contribution is 2.32. The minimum Gasteiger partial charge on any atom is -0.348 e. The number of carbonyl (C=O) groups excluding carboxylic acids is 1. The van der Waals surface area contributed by atoms with Gasteiger partial charge in [0.1, 0.15) is 5.82 Å². The number of hydrogen-bond donors (Lipinski definition) is 2. The average molecular weight is 287 g/mol. The van der Waals surface area contributed by atoms with Crippen LogP contribution in [0.3, 0.4) is 0 Å². The number of nitrogens with two attached hydrogens (primary N) is 1. The quantitative estimate of drug-likeness (QED) is 0.905. The van der Waals surface area contributed by atoms with Gasteiger partial charge in [0.2, 0.25) is 0 Å². The van der Waals surface area contributed by atoms with Gasteiger partial charge >= 0.3 is 0 Å². The van der Waals surface area contributed by atoms with E-state index in [-0.39, 0.29) is 17.8 Å². The lowest BCUT2D eigenvalue weighted by atomic mass is 10.1. The number of nitrogens with zero attached hydrogens (tertiary/aromatic N) is 1. The van der Waals surface area contributed by atoms with E-state index in [1.165, 1.54) is 12.1 Å². The van der Waals surface area contributed by atoms with Gasteiger partial charge in [-0.2, -0.15) is 0 Å². The van der Waals surface area contributed by atoms with E-state index in [4.69, 9.17) is 5.73 Å². The molecule has 1 aromatic heterocycles. The maximum absolute atomic E-state index is 13.2. The second kappa shape index (κ2) is 5.41. The molecule has 0 aliphatic heterocycles. The Morgan fingerprint density at radius 3 is 2.90 bits per heavy atom. The number of benzene rings is 1. The standard InChI is InChI=1S/C16H18FN3O/c1-9-13(16(21)20-15(8-18)10-2-3-10)6-11-4-5-12(17)7-14(11)19-9/h4-7,10,15H,2-3,8,18H2,1H3,(H,20,21). The highest BCUT2D eigenvalue weighted by atomic mass is 19.1. The summed E-state index contributed by atoms with van der Waals surface area (Å²) >= 11 is 0. The molecule has 2 aromatic rings. The van der Waals surface area contributed by atoms with Crippen molar-refractivity contribution in [3.8, 4) is 0 Å². The highest BCUT2D eigenvalue weighted by molar-refractivity contribution is 5.98. The second-order valence-corrected chi connectivity index (χ2v) is 5.61. The van der Waals surface area contributed by atoms with E-state index in [9.17, 15) is 9.18 Å². The maximum Gasteiger partial charge on any atom is 0.253 e. The largest absolute Gasteiger partial charge is 0.348 e. The molecule has 1 aliphatic rings. The fourth-order valence-electron chi connectivity index (χ4n) is 2.58. The summed E-state index contributed by atoms with van der Waals surface area (Å²) in [4.78, 5) is 16.7. The Morgan fingerprint density at radius 2 is 2.24 bits per heavy atom. The van der Waals surface area contributed by atoms with E-state index in [2.05, 4.69) is 10.3 Å². The molecule has 1 atom stereocenters. The molecule has 3 N–H and O–H groups in total. The van der Waals surface area contributed by atoms with E-state index < -0.39 is 0 Å². The van der Waals surface area contributed by atoms with Crippen LogP contribution >= 0.6 is 0 Å². The Hall–Kier alpha value is -2.01. The maximum atomic E-state index is 13.2. The molecule has 5 heteroatoms. The van der Waals surface area contributed by atoms with Crippen LogP contribution in [0.5, 0.6) is 0 Å². The van der Waals surface area contributed by atoms with Crippen molar-refractivity contribution in [1.82, 2.24) is 10.3 Å².